The van der Waals surface area contributed by atoms with Gasteiger partial charge in [0.1, 0.15) is 23.0 Å². The number of hydrogen-bond acceptors (Lipinski definition) is 4. The molecule has 0 fully saturated rings. The lowest BCUT2D eigenvalue weighted by atomic mass is 10.0. The van der Waals surface area contributed by atoms with Crippen molar-refractivity contribution in [3.8, 4) is 11.5 Å². The molecule has 3 aromatic carbocycles. The molecule has 0 aliphatic carbocycles. The standard InChI is InChI=1S/C26H23N3O2/c1-19(20-13-15-24(16-14-20)31-23-11-7-4-8-12-23)26(21-9-5-3-6-10-21)29-25(27-2)17-22(18-30)28-29/h3-18,27H,1-2H3/b26-19+. The highest BCUT2D eigenvalue weighted by atomic mass is 16.5. The van der Waals surface area contributed by atoms with E-state index >= 15 is 0 Å². The molecular weight excluding hydrogens is 386 g/mol. The summed E-state index contributed by atoms with van der Waals surface area (Å²) in [5.74, 6) is 2.30. The summed E-state index contributed by atoms with van der Waals surface area (Å²) >= 11 is 0. The Morgan fingerprint density at radius 1 is 0.871 bits per heavy atom. The third-order valence-electron chi connectivity index (χ3n) is 4.99. The van der Waals surface area contributed by atoms with Crippen LogP contribution in [-0.2, 0) is 0 Å². The first-order valence-electron chi connectivity index (χ1n) is 10.0. The van der Waals surface area contributed by atoms with E-state index in [1.165, 1.54) is 0 Å². The van der Waals surface area contributed by atoms with E-state index in [1.54, 1.807) is 10.7 Å². The van der Waals surface area contributed by atoms with Crippen LogP contribution in [0.4, 0.5) is 5.82 Å². The van der Waals surface area contributed by atoms with Gasteiger partial charge >= 0.3 is 0 Å². The molecule has 0 amide bonds. The van der Waals surface area contributed by atoms with Crippen LogP contribution in [0.5, 0.6) is 11.5 Å². The Hall–Kier alpha value is -4.12. The number of hydrogen-bond donors (Lipinski definition) is 1. The lowest BCUT2D eigenvalue weighted by Gasteiger charge is -2.16. The first kappa shape index (κ1) is 20.2. The van der Waals surface area contributed by atoms with Gasteiger partial charge in [0.05, 0.1) is 5.70 Å². The summed E-state index contributed by atoms with van der Waals surface area (Å²) in [6, 6.07) is 29.4. The van der Waals surface area contributed by atoms with Crippen LogP contribution in [0.3, 0.4) is 0 Å². The van der Waals surface area contributed by atoms with Crippen molar-refractivity contribution in [3.63, 3.8) is 0 Å². The molecule has 0 aliphatic heterocycles. The first-order valence-corrected chi connectivity index (χ1v) is 10.0. The number of benzene rings is 3. The molecule has 1 heterocycles. The number of carbonyl (C=O) groups excluding carboxylic acids is 1. The summed E-state index contributed by atoms with van der Waals surface area (Å²) in [7, 11) is 1.82. The molecule has 0 unspecified atom stereocenters. The minimum absolute atomic E-state index is 0.372. The fraction of sp³-hybridized carbons (Fsp3) is 0.0769. The molecule has 4 aromatic rings. The van der Waals surface area contributed by atoms with E-state index in [9.17, 15) is 4.79 Å². The summed E-state index contributed by atoms with van der Waals surface area (Å²) < 4.78 is 7.70. The van der Waals surface area contributed by atoms with Crippen molar-refractivity contribution in [2.24, 2.45) is 0 Å². The van der Waals surface area contributed by atoms with Crippen molar-refractivity contribution in [3.05, 3.63) is 108 Å². The van der Waals surface area contributed by atoms with E-state index in [0.717, 1.165) is 46.0 Å². The van der Waals surface area contributed by atoms with Crippen molar-refractivity contribution >= 4 is 23.4 Å². The fourth-order valence-corrected chi connectivity index (χ4v) is 3.43. The summed E-state index contributed by atoms with van der Waals surface area (Å²) in [5, 5.41) is 7.63. The number of allylic oxidation sites excluding steroid dienone is 1. The zero-order chi connectivity index (χ0) is 21.6. The summed E-state index contributed by atoms with van der Waals surface area (Å²) in [6.07, 6.45) is 0.755. The van der Waals surface area contributed by atoms with E-state index in [2.05, 4.69) is 17.3 Å². The largest absolute Gasteiger partial charge is 0.457 e. The van der Waals surface area contributed by atoms with Crippen molar-refractivity contribution < 1.29 is 9.53 Å². The maximum absolute atomic E-state index is 11.3. The molecule has 0 saturated carbocycles. The molecule has 4 rings (SSSR count). The lowest BCUT2D eigenvalue weighted by Crippen LogP contribution is -2.07. The van der Waals surface area contributed by atoms with Crippen molar-refractivity contribution in [2.75, 3.05) is 12.4 Å². The zero-order valence-corrected chi connectivity index (χ0v) is 17.4. The van der Waals surface area contributed by atoms with Crippen LogP contribution in [0.2, 0.25) is 0 Å². The van der Waals surface area contributed by atoms with Crippen LogP contribution in [-0.4, -0.2) is 23.1 Å². The number of para-hydroxylation sites is 1. The Labute approximate surface area is 181 Å². The molecule has 0 spiro atoms. The minimum atomic E-state index is 0.372. The van der Waals surface area contributed by atoms with Gasteiger partial charge in [0.25, 0.3) is 0 Å². The van der Waals surface area contributed by atoms with Crippen LogP contribution in [0.25, 0.3) is 11.3 Å². The smallest absolute Gasteiger partial charge is 0.170 e. The number of anilines is 1. The molecule has 0 radical (unpaired) electrons. The Bertz CT molecular complexity index is 1190. The van der Waals surface area contributed by atoms with Gasteiger partial charge in [-0.05, 0) is 42.3 Å². The molecule has 31 heavy (non-hydrogen) atoms. The van der Waals surface area contributed by atoms with Crippen LogP contribution >= 0.6 is 0 Å². The Balaban J connectivity index is 1.77. The molecule has 0 bridgehead atoms. The van der Waals surface area contributed by atoms with E-state index in [0.29, 0.717) is 5.69 Å². The fourth-order valence-electron chi connectivity index (χ4n) is 3.43. The van der Waals surface area contributed by atoms with Crippen LogP contribution in [0.15, 0.2) is 91.0 Å². The molecule has 5 nitrogen and oxygen atoms in total. The normalized spacial score (nSPS) is 11.5. The van der Waals surface area contributed by atoms with Gasteiger partial charge in [-0.2, -0.15) is 5.10 Å². The molecule has 5 heteroatoms. The number of nitrogens with zero attached hydrogens (tertiary/aromatic N) is 2. The quantitative estimate of drug-likeness (QED) is 0.302. The molecule has 1 N–H and O–H groups in total. The molecule has 0 aliphatic rings. The van der Waals surface area contributed by atoms with Crippen molar-refractivity contribution in [2.45, 2.75) is 6.92 Å². The summed E-state index contributed by atoms with van der Waals surface area (Å²) in [6.45, 7) is 2.05. The Kier molecular flexibility index (Phi) is 5.94. The van der Waals surface area contributed by atoms with Gasteiger partial charge in [0.15, 0.2) is 6.29 Å². The second-order valence-electron chi connectivity index (χ2n) is 7.01. The first-order chi connectivity index (χ1) is 15.2. The van der Waals surface area contributed by atoms with Gasteiger partial charge < -0.3 is 10.1 Å². The average molecular weight is 409 g/mol. The lowest BCUT2D eigenvalue weighted by molar-refractivity contribution is 0.111. The molecular formula is C26H23N3O2. The van der Waals surface area contributed by atoms with E-state index in [1.807, 2.05) is 92.0 Å². The molecule has 0 atom stereocenters. The van der Waals surface area contributed by atoms with Crippen LogP contribution < -0.4 is 10.1 Å². The van der Waals surface area contributed by atoms with Gasteiger partial charge in [-0.3, -0.25) is 4.79 Å². The number of rotatable bonds is 7. The topological polar surface area (TPSA) is 56.2 Å². The number of nitrogens with one attached hydrogen (secondary N) is 1. The SMILES string of the molecule is CNc1cc(C=O)nn1/C(=C(\C)c1ccc(Oc2ccccc2)cc1)c1ccccc1. The zero-order valence-electron chi connectivity index (χ0n) is 17.4. The minimum Gasteiger partial charge on any atom is -0.457 e. The van der Waals surface area contributed by atoms with Gasteiger partial charge in [-0.15, -0.1) is 0 Å². The molecule has 154 valence electrons. The maximum atomic E-state index is 11.3. The van der Waals surface area contributed by atoms with Gasteiger partial charge in [-0.1, -0.05) is 60.7 Å². The summed E-state index contributed by atoms with van der Waals surface area (Å²) in [4.78, 5) is 11.3. The van der Waals surface area contributed by atoms with Gasteiger partial charge in [0.2, 0.25) is 0 Å². The number of aromatic nitrogens is 2. The van der Waals surface area contributed by atoms with Crippen molar-refractivity contribution in [1.82, 2.24) is 9.78 Å². The summed E-state index contributed by atoms with van der Waals surface area (Å²) in [5.41, 5.74) is 4.33. The van der Waals surface area contributed by atoms with E-state index in [4.69, 9.17) is 4.74 Å². The van der Waals surface area contributed by atoms with E-state index < -0.39 is 0 Å². The Morgan fingerprint density at radius 3 is 2.10 bits per heavy atom. The second kappa shape index (κ2) is 9.13. The number of aldehydes is 1. The van der Waals surface area contributed by atoms with E-state index in [-0.39, 0.29) is 0 Å². The molecule has 0 saturated heterocycles. The predicted octanol–water partition coefficient (Wildman–Crippen LogP) is 5.97. The Morgan fingerprint density at radius 2 is 1.48 bits per heavy atom. The van der Waals surface area contributed by atoms with Gasteiger partial charge in [-0.25, -0.2) is 4.68 Å². The third-order valence-corrected chi connectivity index (χ3v) is 4.99. The highest BCUT2D eigenvalue weighted by molar-refractivity contribution is 5.91. The second-order valence-corrected chi connectivity index (χ2v) is 7.01. The highest BCUT2D eigenvalue weighted by Gasteiger charge is 2.16. The predicted molar refractivity (Wildman–Crippen MR) is 124 cm³/mol. The number of ether oxygens (including phenoxy) is 1. The van der Waals surface area contributed by atoms with Crippen LogP contribution in [0.1, 0.15) is 28.5 Å². The third kappa shape index (κ3) is 4.41. The highest BCUT2D eigenvalue weighted by Crippen LogP contribution is 2.31. The van der Waals surface area contributed by atoms with Crippen LogP contribution in [0, 0.1) is 0 Å². The monoisotopic (exact) mass is 409 g/mol. The maximum Gasteiger partial charge on any atom is 0.170 e. The number of carbonyl (C=O) groups is 1. The van der Waals surface area contributed by atoms with Crippen molar-refractivity contribution in [1.29, 1.82) is 0 Å². The average Bonchev–Trinajstić information content (AvgIpc) is 3.24. The van der Waals surface area contributed by atoms with Gasteiger partial charge in [0, 0.05) is 18.7 Å². The molecule has 1 aromatic heterocycles.